The fourth-order valence-corrected chi connectivity index (χ4v) is 2.95. The van der Waals surface area contributed by atoms with Crippen molar-refractivity contribution in [1.82, 2.24) is 0 Å². The number of thiophene rings is 1. The fourth-order valence-electron chi connectivity index (χ4n) is 0.767. The summed E-state index contributed by atoms with van der Waals surface area (Å²) in [5, 5.41) is 1.37. The van der Waals surface area contributed by atoms with Gasteiger partial charge >= 0.3 is 0 Å². The number of carbonyl (C=O) groups excluding carboxylic acids is 1. The molecule has 0 aliphatic carbocycles. The van der Waals surface area contributed by atoms with Crippen LogP contribution in [0.15, 0.2) is 16.3 Å². The van der Waals surface area contributed by atoms with Crippen LogP contribution < -0.4 is 0 Å². The second-order valence-corrected chi connectivity index (χ2v) is 5.84. The molecule has 6 heteroatoms. The maximum absolute atomic E-state index is 11.1. The standard InChI is InChI=1S/C7H7ClO3S2/c1-2-6(9)7-3-5(4-12-7)13(8,10)11/h3-4H,2H2,1H3. The number of Topliss-reactive ketones (excluding diaryl/α,β-unsaturated/α-hetero) is 1. The molecule has 1 aromatic heterocycles. The molecule has 0 aromatic carbocycles. The molecule has 0 N–H and O–H groups in total. The van der Waals surface area contributed by atoms with Crippen molar-refractivity contribution in [3.63, 3.8) is 0 Å². The van der Waals surface area contributed by atoms with E-state index in [4.69, 9.17) is 10.7 Å². The van der Waals surface area contributed by atoms with Gasteiger partial charge in [0.2, 0.25) is 0 Å². The summed E-state index contributed by atoms with van der Waals surface area (Å²) in [6, 6.07) is 1.30. The molecule has 1 aromatic rings. The fraction of sp³-hybridized carbons (Fsp3) is 0.286. The first-order valence-electron chi connectivity index (χ1n) is 3.51. The van der Waals surface area contributed by atoms with Crippen molar-refractivity contribution in [3.05, 3.63) is 16.3 Å². The van der Waals surface area contributed by atoms with Crippen LogP contribution in [0.2, 0.25) is 0 Å². The van der Waals surface area contributed by atoms with Crippen molar-refractivity contribution < 1.29 is 13.2 Å². The van der Waals surface area contributed by atoms with E-state index in [2.05, 4.69) is 0 Å². The molecule has 0 amide bonds. The minimum absolute atomic E-state index is 0.00373. The van der Waals surface area contributed by atoms with Gasteiger partial charge in [0.05, 0.1) is 9.77 Å². The Balaban J connectivity index is 3.07. The van der Waals surface area contributed by atoms with Crippen LogP contribution in [0.1, 0.15) is 23.0 Å². The summed E-state index contributed by atoms with van der Waals surface area (Å²) >= 11 is 1.10. The first-order valence-corrected chi connectivity index (χ1v) is 6.70. The minimum atomic E-state index is -3.69. The largest absolute Gasteiger partial charge is 0.293 e. The maximum Gasteiger partial charge on any atom is 0.262 e. The highest BCUT2D eigenvalue weighted by molar-refractivity contribution is 8.13. The van der Waals surface area contributed by atoms with E-state index < -0.39 is 9.05 Å². The van der Waals surface area contributed by atoms with Gasteiger partial charge < -0.3 is 0 Å². The van der Waals surface area contributed by atoms with E-state index in [1.165, 1.54) is 11.4 Å². The highest BCUT2D eigenvalue weighted by Crippen LogP contribution is 2.23. The highest BCUT2D eigenvalue weighted by Gasteiger charge is 2.14. The molecule has 0 fully saturated rings. The third kappa shape index (κ3) is 2.52. The lowest BCUT2D eigenvalue weighted by Crippen LogP contribution is -1.92. The van der Waals surface area contributed by atoms with Crippen LogP contribution in [0, 0.1) is 0 Å². The average Bonchev–Trinajstić information content (AvgIpc) is 2.50. The summed E-state index contributed by atoms with van der Waals surface area (Å²) in [6.45, 7) is 1.72. The normalized spacial score (nSPS) is 11.5. The molecule has 0 saturated carbocycles. The van der Waals surface area contributed by atoms with Crippen molar-refractivity contribution >= 4 is 36.9 Å². The molecule has 0 radical (unpaired) electrons. The van der Waals surface area contributed by atoms with Gasteiger partial charge in [-0.1, -0.05) is 6.92 Å². The van der Waals surface area contributed by atoms with E-state index in [1.807, 2.05) is 0 Å². The SMILES string of the molecule is CCC(=O)c1cc(S(=O)(=O)Cl)cs1. The predicted molar refractivity (Wildman–Crippen MR) is 52.0 cm³/mol. The van der Waals surface area contributed by atoms with Gasteiger partial charge in [0, 0.05) is 22.5 Å². The second-order valence-electron chi connectivity index (χ2n) is 2.36. The van der Waals surface area contributed by atoms with Gasteiger partial charge in [0.25, 0.3) is 9.05 Å². The Morgan fingerprint density at radius 1 is 1.62 bits per heavy atom. The first kappa shape index (κ1) is 10.7. The Kier molecular flexibility index (Phi) is 3.10. The van der Waals surface area contributed by atoms with E-state index in [9.17, 15) is 13.2 Å². The lowest BCUT2D eigenvalue weighted by molar-refractivity contribution is 0.0992. The van der Waals surface area contributed by atoms with Crippen molar-refractivity contribution in [1.29, 1.82) is 0 Å². The molecule has 0 saturated heterocycles. The van der Waals surface area contributed by atoms with E-state index in [-0.39, 0.29) is 10.7 Å². The van der Waals surface area contributed by atoms with Crippen LogP contribution in [0.5, 0.6) is 0 Å². The summed E-state index contributed by atoms with van der Waals surface area (Å²) < 4.78 is 21.6. The highest BCUT2D eigenvalue weighted by atomic mass is 35.7. The lowest BCUT2D eigenvalue weighted by Gasteiger charge is -1.88. The van der Waals surface area contributed by atoms with Crippen LogP contribution in [0.3, 0.4) is 0 Å². The van der Waals surface area contributed by atoms with Gasteiger partial charge in [-0.15, -0.1) is 11.3 Å². The summed E-state index contributed by atoms with van der Waals surface area (Å²) in [5.74, 6) is -0.0726. The Hall–Kier alpha value is -0.390. The molecule has 3 nitrogen and oxygen atoms in total. The zero-order valence-electron chi connectivity index (χ0n) is 6.78. The van der Waals surface area contributed by atoms with Gasteiger partial charge in [0.15, 0.2) is 5.78 Å². The van der Waals surface area contributed by atoms with Crippen LogP contribution in [0.4, 0.5) is 0 Å². The second kappa shape index (κ2) is 3.77. The molecule has 1 rings (SSSR count). The maximum atomic E-state index is 11.1. The van der Waals surface area contributed by atoms with Crippen molar-refractivity contribution in [2.75, 3.05) is 0 Å². The van der Waals surface area contributed by atoms with E-state index in [1.54, 1.807) is 6.92 Å². The van der Waals surface area contributed by atoms with Crippen LogP contribution in [-0.4, -0.2) is 14.2 Å². The van der Waals surface area contributed by atoms with Crippen molar-refractivity contribution in [3.8, 4) is 0 Å². The summed E-state index contributed by atoms with van der Waals surface area (Å²) in [7, 11) is 1.39. The number of rotatable bonds is 3. The Morgan fingerprint density at radius 3 is 2.62 bits per heavy atom. The summed E-state index contributed by atoms with van der Waals surface area (Å²) in [4.78, 5) is 11.6. The van der Waals surface area contributed by atoms with Gasteiger partial charge in [-0.25, -0.2) is 8.42 Å². The van der Waals surface area contributed by atoms with E-state index >= 15 is 0 Å². The van der Waals surface area contributed by atoms with E-state index in [0.717, 1.165) is 11.3 Å². The molecule has 0 aliphatic rings. The molecule has 0 spiro atoms. The molecule has 72 valence electrons. The van der Waals surface area contributed by atoms with Gasteiger partial charge in [-0.2, -0.15) is 0 Å². The Morgan fingerprint density at radius 2 is 2.23 bits per heavy atom. The smallest absolute Gasteiger partial charge is 0.262 e. The van der Waals surface area contributed by atoms with Gasteiger partial charge in [-0.05, 0) is 6.07 Å². The molecule has 13 heavy (non-hydrogen) atoms. The third-order valence-corrected chi connectivity index (χ3v) is 3.91. The lowest BCUT2D eigenvalue weighted by atomic mass is 10.3. The zero-order valence-corrected chi connectivity index (χ0v) is 9.17. The van der Waals surface area contributed by atoms with Gasteiger partial charge in [0.1, 0.15) is 0 Å². The summed E-state index contributed by atoms with van der Waals surface area (Å²) in [6.07, 6.45) is 0.363. The molecular weight excluding hydrogens is 232 g/mol. The molecule has 0 atom stereocenters. The minimum Gasteiger partial charge on any atom is -0.293 e. The molecule has 1 heterocycles. The topological polar surface area (TPSA) is 51.2 Å². The first-order chi connectivity index (χ1) is 5.95. The Bertz CT molecular complexity index is 419. The van der Waals surface area contributed by atoms with E-state index in [0.29, 0.717) is 11.3 Å². The monoisotopic (exact) mass is 238 g/mol. The number of hydrogen-bond acceptors (Lipinski definition) is 4. The average molecular weight is 239 g/mol. The van der Waals surface area contributed by atoms with Gasteiger partial charge in [-0.3, -0.25) is 4.79 Å². The number of carbonyl (C=O) groups is 1. The zero-order chi connectivity index (χ0) is 10.1. The number of hydrogen-bond donors (Lipinski definition) is 0. The predicted octanol–water partition coefficient (Wildman–Crippen LogP) is 2.27. The molecular formula is C7H7ClO3S2. The molecule has 0 unspecified atom stereocenters. The molecule has 0 bridgehead atoms. The molecule has 0 aliphatic heterocycles. The third-order valence-electron chi connectivity index (χ3n) is 1.45. The van der Waals surface area contributed by atoms with Crippen LogP contribution >= 0.6 is 22.0 Å². The van der Waals surface area contributed by atoms with Crippen LogP contribution in [0.25, 0.3) is 0 Å². The summed E-state index contributed by atoms with van der Waals surface area (Å²) in [5.41, 5.74) is 0. The number of ketones is 1. The number of halogens is 1. The van der Waals surface area contributed by atoms with Crippen LogP contribution in [-0.2, 0) is 9.05 Å². The van der Waals surface area contributed by atoms with Crippen molar-refractivity contribution in [2.45, 2.75) is 18.2 Å². The quantitative estimate of drug-likeness (QED) is 0.600. The Labute approximate surface area is 84.8 Å². The van der Waals surface area contributed by atoms with Crippen molar-refractivity contribution in [2.24, 2.45) is 0 Å².